The molecular weight excluding hydrogens is 325 g/mol. The van der Waals surface area contributed by atoms with Gasteiger partial charge in [0.15, 0.2) is 0 Å². The summed E-state index contributed by atoms with van der Waals surface area (Å²) in [7, 11) is -2.54. The van der Waals surface area contributed by atoms with Crippen LogP contribution < -0.4 is 9.46 Å². The van der Waals surface area contributed by atoms with Crippen LogP contribution in [-0.2, 0) is 14.8 Å². The lowest BCUT2D eigenvalue weighted by Gasteiger charge is -2.32. The average molecular weight is 345 g/mol. The van der Waals surface area contributed by atoms with Crippen molar-refractivity contribution in [3.8, 4) is 5.75 Å². The number of carboxylic acids is 1. The first-order chi connectivity index (χ1) is 10.8. The Labute approximate surface area is 134 Å². The lowest BCUT2D eigenvalue weighted by atomic mass is 9.80. The van der Waals surface area contributed by atoms with E-state index < -0.39 is 27.6 Å². The quantitative estimate of drug-likeness (QED) is 0.822. The highest BCUT2D eigenvalue weighted by molar-refractivity contribution is 7.89. The number of ether oxygens (including phenoxy) is 1. The molecule has 1 fully saturated rings. The van der Waals surface area contributed by atoms with E-state index in [2.05, 4.69) is 4.72 Å². The van der Waals surface area contributed by atoms with Crippen molar-refractivity contribution >= 4 is 16.0 Å². The minimum absolute atomic E-state index is 0.0262. The molecule has 0 atom stereocenters. The van der Waals surface area contributed by atoms with Gasteiger partial charge in [-0.3, -0.25) is 4.79 Å². The number of aliphatic carboxylic acids is 1. The van der Waals surface area contributed by atoms with Crippen LogP contribution in [0.4, 0.5) is 4.39 Å². The molecule has 8 heteroatoms. The van der Waals surface area contributed by atoms with Gasteiger partial charge in [0.25, 0.3) is 0 Å². The van der Waals surface area contributed by atoms with Gasteiger partial charge in [-0.1, -0.05) is 12.1 Å². The van der Waals surface area contributed by atoms with Crippen molar-refractivity contribution in [2.24, 2.45) is 5.92 Å². The molecule has 1 aliphatic carbocycles. The fourth-order valence-electron chi connectivity index (χ4n) is 2.70. The fourth-order valence-corrected chi connectivity index (χ4v) is 3.98. The molecule has 1 aromatic rings. The number of hydrogen-bond donors (Lipinski definition) is 2. The molecule has 0 aliphatic heterocycles. The predicted octanol–water partition coefficient (Wildman–Crippen LogP) is 1.96. The number of alkyl halides is 1. The molecule has 23 heavy (non-hydrogen) atoms. The maximum Gasteiger partial charge on any atom is 0.306 e. The van der Waals surface area contributed by atoms with Gasteiger partial charge in [0.1, 0.15) is 16.3 Å². The van der Waals surface area contributed by atoms with Crippen LogP contribution in [0, 0.1) is 5.92 Å². The fraction of sp³-hybridized carbons (Fsp3) is 0.533. The Bertz CT molecular complexity index is 668. The van der Waals surface area contributed by atoms with Gasteiger partial charge in [0.2, 0.25) is 10.0 Å². The number of sulfonamides is 1. The molecule has 0 saturated heterocycles. The van der Waals surface area contributed by atoms with Gasteiger partial charge in [0, 0.05) is 6.54 Å². The molecule has 0 heterocycles. The summed E-state index contributed by atoms with van der Waals surface area (Å²) in [5.74, 6) is -1.30. The van der Waals surface area contributed by atoms with Gasteiger partial charge in [-0.05, 0) is 37.8 Å². The smallest absolute Gasteiger partial charge is 0.306 e. The highest BCUT2D eigenvalue weighted by Crippen LogP contribution is 2.35. The first-order valence-corrected chi connectivity index (χ1v) is 8.80. The van der Waals surface area contributed by atoms with Gasteiger partial charge in [-0.15, -0.1) is 0 Å². The zero-order valence-electron chi connectivity index (χ0n) is 12.8. The third-order valence-corrected chi connectivity index (χ3v) is 5.61. The molecule has 0 amide bonds. The van der Waals surface area contributed by atoms with Gasteiger partial charge in [0.05, 0.1) is 13.0 Å². The molecule has 128 valence electrons. The molecule has 2 N–H and O–H groups in total. The van der Waals surface area contributed by atoms with E-state index in [-0.39, 0.29) is 42.9 Å². The van der Waals surface area contributed by atoms with Gasteiger partial charge in [-0.2, -0.15) is 0 Å². The molecule has 0 aromatic heterocycles. The molecular formula is C15H20FNO5S. The number of halogens is 1. The summed E-state index contributed by atoms with van der Waals surface area (Å²) in [5.41, 5.74) is -1.72. The Morgan fingerprint density at radius 2 is 2.00 bits per heavy atom. The lowest BCUT2D eigenvalue weighted by molar-refractivity contribution is -0.143. The average Bonchev–Trinajstić information content (AvgIpc) is 2.53. The van der Waals surface area contributed by atoms with Crippen LogP contribution in [0.1, 0.15) is 25.7 Å². The Morgan fingerprint density at radius 3 is 2.57 bits per heavy atom. The highest BCUT2D eigenvalue weighted by atomic mass is 32.2. The summed E-state index contributed by atoms with van der Waals surface area (Å²) in [6, 6.07) is 6.09. The topological polar surface area (TPSA) is 92.7 Å². The molecule has 1 aliphatic rings. The second kappa shape index (κ2) is 6.84. The van der Waals surface area contributed by atoms with Crippen LogP contribution in [-0.4, -0.2) is 38.8 Å². The Hall–Kier alpha value is -1.67. The second-order valence-electron chi connectivity index (χ2n) is 5.74. The van der Waals surface area contributed by atoms with E-state index in [0.717, 1.165) is 0 Å². The molecule has 0 unspecified atom stereocenters. The van der Waals surface area contributed by atoms with Gasteiger partial charge in [-0.25, -0.2) is 17.5 Å². The largest absolute Gasteiger partial charge is 0.495 e. The van der Waals surface area contributed by atoms with E-state index in [9.17, 15) is 17.6 Å². The van der Waals surface area contributed by atoms with Crippen molar-refractivity contribution < 1.29 is 27.4 Å². The van der Waals surface area contributed by atoms with Gasteiger partial charge >= 0.3 is 5.97 Å². The zero-order valence-corrected chi connectivity index (χ0v) is 13.6. The number of carboxylic acid groups (broad SMARTS) is 1. The number of nitrogens with one attached hydrogen (secondary N) is 1. The Balaban J connectivity index is 2.04. The van der Waals surface area contributed by atoms with E-state index in [1.807, 2.05) is 0 Å². The molecule has 0 bridgehead atoms. The van der Waals surface area contributed by atoms with Crippen molar-refractivity contribution in [3.63, 3.8) is 0 Å². The Morgan fingerprint density at radius 1 is 1.39 bits per heavy atom. The van der Waals surface area contributed by atoms with E-state index in [0.29, 0.717) is 0 Å². The summed E-state index contributed by atoms with van der Waals surface area (Å²) in [5, 5.41) is 8.93. The normalized spacial score (nSPS) is 25.0. The maximum atomic E-state index is 14.7. The summed E-state index contributed by atoms with van der Waals surface area (Å²) in [4.78, 5) is 10.8. The number of hydrogen-bond acceptors (Lipinski definition) is 4. The molecule has 0 radical (unpaired) electrons. The summed E-state index contributed by atoms with van der Waals surface area (Å²) >= 11 is 0. The summed E-state index contributed by atoms with van der Waals surface area (Å²) in [6.07, 6.45) is 0.473. The first-order valence-electron chi connectivity index (χ1n) is 7.32. The lowest BCUT2D eigenvalue weighted by Crippen LogP contribution is -2.43. The van der Waals surface area contributed by atoms with E-state index in [1.165, 1.54) is 19.2 Å². The van der Waals surface area contributed by atoms with Crippen LogP contribution in [0.25, 0.3) is 0 Å². The van der Waals surface area contributed by atoms with Crippen molar-refractivity contribution in [1.29, 1.82) is 0 Å². The number of rotatable bonds is 6. The first kappa shape index (κ1) is 17.7. The van der Waals surface area contributed by atoms with E-state index >= 15 is 0 Å². The molecule has 0 spiro atoms. The predicted molar refractivity (Wildman–Crippen MR) is 81.6 cm³/mol. The van der Waals surface area contributed by atoms with Crippen LogP contribution >= 0.6 is 0 Å². The van der Waals surface area contributed by atoms with Gasteiger partial charge < -0.3 is 9.84 Å². The van der Waals surface area contributed by atoms with Crippen molar-refractivity contribution in [3.05, 3.63) is 24.3 Å². The Kier molecular flexibility index (Phi) is 5.26. The third kappa shape index (κ3) is 4.20. The number of carbonyl (C=O) groups is 1. The van der Waals surface area contributed by atoms with Crippen molar-refractivity contribution in [2.45, 2.75) is 36.2 Å². The van der Waals surface area contributed by atoms with E-state index in [4.69, 9.17) is 9.84 Å². The summed E-state index contributed by atoms with van der Waals surface area (Å²) < 4.78 is 46.6. The minimum Gasteiger partial charge on any atom is -0.495 e. The molecule has 1 aromatic carbocycles. The molecule has 1 saturated carbocycles. The SMILES string of the molecule is COc1ccccc1S(=O)(=O)NCC1(F)CCC(C(=O)O)CC1. The number of para-hydroxylation sites is 1. The monoisotopic (exact) mass is 345 g/mol. The van der Waals surface area contributed by atoms with Crippen LogP contribution in [0.5, 0.6) is 5.75 Å². The highest BCUT2D eigenvalue weighted by Gasteiger charge is 2.38. The van der Waals surface area contributed by atoms with Crippen LogP contribution in [0.15, 0.2) is 29.2 Å². The van der Waals surface area contributed by atoms with Crippen molar-refractivity contribution in [1.82, 2.24) is 4.72 Å². The number of methoxy groups -OCH3 is 1. The number of benzene rings is 1. The maximum absolute atomic E-state index is 14.7. The van der Waals surface area contributed by atoms with Crippen LogP contribution in [0.3, 0.4) is 0 Å². The second-order valence-corrected chi connectivity index (χ2v) is 7.47. The van der Waals surface area contributed by atoms with Crippen LogP contribution in [0.2, 0.25) is 0 Å². The third-order valence-electron chi connectivity index (χ3n) is 4.17. The standard InChI is InChI=1S/C15H20FNO5S/c1-22-12-4-2-3-5-13(12)23(20,21)17-10-15(16)8-6-11(7-9-15)14(18)19/h2-5,11,17H,6-10H2,1H3,(H,18,19). The molecule has 2 rings (SSSR count). The molecule has 6 nitrogen and oxygen atoms in total. The van der Waals surface area contributed by atoms with E-state index in [1.54, 1.807) is 12.1 Å². The zero-order chi connectivity index (χ0) is 17.1. The minimum atomic E-state index is -3.90. The summed E-state index contributed by atoms with van der Waals surface area (Å²) in [6.45, 7) is -0.375. The van der Waals surface area contributed by atoms with Crippen molar-refractivity contribution in [2.75, 3.05) is 13.7 Å².